The second kappa shape index (κ2) is 7.30. The van der Waals surface area contributed by atoms with E-state index in [1.165, 1.54) is 6.08 Å². The number of ether oxygens (including phenoxy) is 3. The van der Waals surface area contributed by atoms with Gasteiger partial charge >= 0.3 is 0 Å². The fourth-order valence-electron chi connectivity index (χ4n) is 2.69. The van der Waals surface area contributed by atoms with Crippen LogP contribution in [0.3, 0.4) is 0 Å². The number of benzene rings is 2. The van der Waals surface area contributed by atoms with E-state index >= 15 is 0 Å². The summed E-state index contributed by atoms with van der Waals surface area (Å²) in [4.78, 5) is 12.2. The van der Waals surface area contributed by atoms with Crippen molar-refractivity contribution in [2.45, 2.75) is 13.8 Å². The number of carbonyl (C=O) groups is 1. The van der Waals surface area contributed by atoms with Gasteiger partial charge in [-0.1, -0.05) is 17.7 Å². The Kier molecular flexibility index (Phi) is 4.93. The minimum absolute atomic E-state index is 0.194. The van der Waals surface area contributed by atoms with Gasteiger partial charge in [-0.3, -0.25) is 4.79 Å². The molecule has 0 radical (unpaired) electrons. The first-order valence-electron chi connectivity index (χ1n) is 8.11. The maximum Gasteiger partial charge on any atom is 0.248 e. The molecule has 0 atom stereocenters. The monoisotopic (exact) mass is 339 g/mol. The van der Waals surface area contributed by atoms with Crippen molar-refractivity contribution in [1.82, 2.24) is 0 Å². The van der Waals surface area contributed by atoms with Crippen LogP contribution in [0.15, 0.2) is 36.4 Å². The van der Waals surface area contributed by atoms with E-state index in [2.05, 4.69) is 5.32 Å². The molecule has 1 heterocycles. The molecule has 25 heavy (non-hydrogen) atoms. The van der Waals surface area contributed by atoms with Gasteiger partial charge in [-0.2, -0.15) is 0 Å². The van der Waals surface area contributed by atoms with E-state index in [1.807, 2.05) is 44.2 Å². The highest BCUT2D eigenvalue weighted by Gasteiger charge is 2.17. The zero-order valence-electron chi connectivity index (χ0n) is 14.6. The Morgan fingerprint density at radius 3 is 2.72 bits per heavy atom. The average Bonchev–Trinajstić information content (AvgIpc) is 2.61. The van der Waals surface area contributed by atoms with Crippen molar-refractivity contribution >= 4 is 17.7 Å². The molecule has 0 spiro atoms. The Balaban J connectivity index is 1.76. The highest BCUT2D eigenvalue weighted by atomic mass is 16.6. The van der Waals surface area contributed by atoms with Crippen LogP contribution in [0.2, 0.25) is 0 Å². The lowest BCUT2D eigenvalue weighted by Gasteiger charge is -2.20. The number of nitrogens with one attached hydrogen (secondary N) is 1. The molecule has 1 aliphatic heterocycles. The smallest absolute Gasteiger partial charge is 0.248 e. The molecule has 5 nitrogen and oxygen atoms in total. The van der Waals surface area contributed by atoms with Crippen molar-refractivity contribution in [1.29, 1.82) is 0 Å². The van der Waals surface area contributed by atoms with Gasteiger partial charge in [0.1, 0.15) is 13.2 Å². The molecule has 2 aromatic carbocycles. The highest BCUT2D eigenvalue weighted by molar-refractivity contribution is 6.02. The van der Waals surface area contributed by atoms with E-state index in [0.29, 0.717) is 30.5 Å². The number of methoxy groups -OCH3 is 1. The Bertz CT molecular complexity index is 809. The van der Waals surface area contributed by atoms with E-state index in [1.54, 1.807) is 13.2 Å². The van der Waals surface area contributed by atoms with Gasteiger partial charge in [0, 0.05) is 11.8 Å². The number of carbonyl (C=O) groups excluding carboxylic acids is 1. The van der Waals surface area contributed by atoms with Crippen LogP contribution in [0.1, 0.15) is 16.7 Å². The van der Waals surface area contributed by atoms with E-state index in [4.69, 9.17) is 14.2 Å². The number of hydrogen-bond donors (Lipinski definition) is 1. The van der Waals surface area contributed by atoms with Crippen molar-refractivity contribution < 1.29 is 19.0 Å². The molecule has 3 rings (SSSR count). The molecule has 0 aromatic heterocycles. The fraction of sp³-hybridized carbons (Fsp3) is 0.250. The molecule has 0 bridgehead atoms. The van der Waals surface area contributed by atoms with Crippen LogP contribution in [-0.4, -0.2) is 26.2 Å². The van der Waals surface area contributed by atoms with Crippen LogP contribution in [0.25, 0.3) is 6.08 Å². The predicted molar refractivity (Wildman–Crippen MR) is 97.6 cm³/mol. The van der Waals surface area contributed by atoms with E-state index in [-0.39, 0.29) is 5.91 Å². The largest absolute Gasteiger partial charge is 0.493 e. The second-order valence-corrected chi connectivity index (χ2v) is 5.89. The predicted octanol–water partition coefficient (Wildman–Crippen LogP) is 3.74. The first-order valence-corrected chi connectivity index (χ1v) is 8.11. The summed E-state index contributed by atoms with van der Waals surface area (Å²) in [5, 5.41) is 2.89. The van der Waals surface area contributed by atoms with Crippen LogP contribution in [0.4, 0.5) is 5.69 Å². The number of aryl methyl sites for hydroxylation is 2. The first kappa shape index (κ1) is 16.9. The minimum Gasteiger partial charge on any atom is -0.493 e. The summed E-state index contributed by atoms with van der Waals surface area (Å²) in [5.41, 5.74) is 3.80. The van der Waals surface area contributed by atoms with Crippen molar-refractivity contribution in [3.05, 3.63) is 53.1 Å². The number of amides is 1. The van der Waals surface area contributed by atoms with Gasteiger partial charge in [0.15, 0.2) is 11.5 Å². The molecule has 1 N–H and O–H groups in total. The van der Waals surface area contributed by atoms with Gasteiger partial charge in [0.25, 0.3) is 0 Å². The molecule has 130 valence electrons. The Labute approximate surface area is 147 Å². The Morgan fingerprint density at radius 1 is 1.16 bits per heavy atom. The molecule has 0 aliphatic carbocycles. The fourth-order valence-corrected chi connectivity index (χ4v) is 2.69. The normalized spacial score (nSPS) is 12.9. The number of hydrogen-bond acceptors (Lipinski definition) is 4. The van der Waals surface area contributed by atoms with Gasteiger partial charge < -0.3 is 19.5 Å². The van der Waals surface area contributed by atoms with E-state index in [0.717, 1.165) is 22.4 Å². The first-order chi connectivity index (χ1) is 12.1. The van der Waals surface area contributed by atoms with Crippen LogP contribution in [0.5, 0.6) is 17.2 Å². The summed E-state index contributed by atoms with van der Waals surface area (Å²) < 4.78 is 16.5. The lowest BCUT2D eigenvalue weighted by molar-refractivity contribution is -0.111. The molecular weight excluding hydrogens is 318 g/mol. The van der Waals surface area contributed by atoms with Crippen LogP contribution in [0, 0.1) is 13.8 Å². The number of fused-ring (bicyclic) bond motifs is 1. The van der Waals surface area contributed by atoms with Gasteiger partial charge in [-0.05, 0) is 49.2 Å². The molecular formula is C20H21NO4. The van der Waals surface area contributed by atoms with Crippen LogP contribution >= 0.6 is 0 Å². The molecule has 0 unspecified atom stereocenters. The third kappa shape index (κ3) is 3.94. The number of anilines is 1. The van der Waals surface area contributed by atoms with E-state index < -0.39 is 0 Å². The molecule has 1 amide bonds. The quantitative estimate of drug-likeness (QED) is 0.862. The summed E-state index contributed by atoms with van der Waals surface area (Å²) in [6, 6.07) is 9.55. The lowest BCUT2D eigenvalue weighted by Crippen LogP contribution is -2.16. The topological polar surface area (TPSA) is 56.8 Å². The minimum atomic E-state index is -0.194. The maximum atomic E-state index is 12.2. The summed E-state index contributed by atoms with van der Waals surface area (Å²) in [6.07, 6.45) is 3.21. The van der Waals surface area contributed by atoms with Crippen molar-refractivity contribution in [2.75, 3.05) is 25.6 Å². The standard InChI is InChI=1S/C20H21NO4/c1-13-4-6-16(14(2)10-13)21-19(22)7-5-15-11-17(23-3)20-18(12-15)24-8-9-25-20/h4-7,10-12H,8-9H2,1-3H3,(H,21,22)/b7-5+. The van der Waals surface area contributed by atoms with Gasteiger partial charge in [-0.25, -0.2) is 0 Å². The van der Waals surface area contributed by atoms with Crippen molar-refractivity contribution in [3.63, 3.8) is 0 Å². The summed E-state index contributed by atoms with van der Waals surface area (Å²) in [7, 11) is 1.58. The SMILES string of the molecule is COc1cc(/C=C/C(=O)Nc2ccc(C)cc2C)cc2c1OCCO2. The van der Waals surface area contributed by atoms with Crippen molar-refractivity contribution in [3.8, 4) is 17.2 Å². The summed E-state index contributed by atoms with van der Waals surface area (Å²) in [6.45, 7) is 4.99. The Morgan fingerprint density at radius 2 is 1.96 bits per heavy atom. The molecule has 0 fully saturated rings. The average molecular weight is 339 g/mol. The zero-order chi connectivity index (χ0) is 17.8. The zero-order valence-corrected chi connectivity index (χ0v) is 14.6. The molecule has 1 aliphatic rings. The van der Waals surface area contributed by atoms with Gasteiger partial charge in [-0.15, -0.1) is 0 Å². The van der Waals surface area contributed by atoms with Gasteiger partial charge in [0.2, 0.25) is 11.7 Å². The highest BCUT2D eigenvalue weighted by Crippen LogP contribution is 2.40. The van der Waals surface area contributed by atoms with Gasteiger partial charge in [0.05, 0.1) is 7.11 Å². The number of rotatable bonds is 4. The second-order valence-electron chi connectivity index (χ2n) is 5.89. The lowest BCUT2D eigenvalue weighted by atomic mass is 10.1. The molecule has 0 saturated carbocycles. The Hall–Kier alpha value is -2.95. The summed E-state index contributed by atoms with van der Waals surface area (Å²) >= 11 is 0. The molecule has 5 heteroatoms. The van der Waals surface area contributed by atoms with Crippen LogP contribution < -0.4 is 19.5 Å². The third-order valence-corrected chi connectivity index (χ3v) is 3.92. The van der Waals surface area contributed by atoms with E-state index in [9.17, 15) is 4.79 Å². The van der Waals surface area contributed by atoms with Crippen molar-refractivity contribution in [2.24, 2.45) is 0 Å². The summed E-state index contributed by atoms with van der Waals surface area (Å²) in [5.74, 6) is 1.62. The molecule has 2 aromatic rings. The maximum absolute atomic E-state index is 12.2. The van der Waals surface area contributed by atoms with Crippen LogP contribution in [-0.2, 0) is 4.79 Å². The molecule has 0 saturated heterocycles. The third-order valence-electron chi connectivity index (χ3n) is 3.92.